The normalized spacial score (nSPS) is 14.7. The predicted octanol–water partition coefficient (Wildman–Crippen LogP) is 3.33. The molecule has 1 saturated heterocycles. The lowest BCUT2D eigenvalue weighted by Gasteiger charge is -2.18. The average molecular weight is 424 g/mol. The van der Waals surface area contributed by atoms with Crippen LogP contribution in [0.3, 0.4) is 0 Å². The van der Waals surface area contributed by atoms with Gasteiger partial charge in [-0.15, -0.1) is 0 Å². The molecule has 6 nitrogen and oxygen atoms in total. The van der Waals surface area contributed by atoms with Crippen molar-refractivity contribution in [2.24, 2.45) is 0 Å². The summed E-state index contributed by atoms with van der Waals surface area (Å²) in [6, 6.07) is 7.88. The van der Waals surface area contributed by atoms with Gasteiger partial charge >= 0.3 is 0 Å². The van der Waals surface area contributed by atoms with Crippen LogP contribution in [-0.4, -0.2) is 38.8 Å². The van der Waals surface area contributed by atoms with E-state index in [1.807, 2.05) is 0 Å². The fourth-order valence-electron chi connectivity index (χ4n) is 3.20. The van der Waals surface area contributed by atoms with E-state index < -0.39 is 21.7 Å². The molecule has 1 heterocycles. The maximum atomic E-state index is 13.2. The molecule has 156 valence electrons. The number of anilines is 1. The number of carbonyl (C=O) groups excluding carboxylic acids is 1. The third kappa shape index (κ3) is 4.91. The molecule has 0 saturated carbocycles. The van der Waals surface area contributed by atoms with Crippen LogP contribution in [0.5, 0.6) is 5.75 Å². The highest BCUT2D eigenvalue weighted by atomic mass is 32.2. The molecule has 9 heteroatoms. The van der Waals surface area contributed by atoms with Crippen LogP contribution in [0.2, 0.25) is 0 Å². The van der Waals surface area contributed by atoms with E-state index >= 15 is 0 Å². The zero-order valence-electron chi connectivity index (χ0n) is 16.0. The molecule has 1 fully saturated rings. The molecule has 2 aromatic carbocycles. The van der Waals surface area contributed by atoms with E-state index in [4.69, 9.17) is 4.74 Å². The molecule has 0 bridgehead atoms. The molecule has 0 aromatic heterocycles. The fraction of sp³-hybridized carbons (Fsp3) is 0.350. The van der Waals surface area contributed by atoms with Gasteiger partial charge in [0.15, 0.2) is 11.6 Å². The van der Waals surface area contributed by atoms with Gasteiger partial charge < -0.3 is 10.1 Å². The first-order valence-corrected chi connectivity index (χ1v) is 10.7. The second-order valence-electron chi connectivity index (χ2n) is 6.77. The van der Waals surface area contributed by atoms with Gasteiger partial charge in [-0.05, 0) is 49.1 Å². The maximum Gasteiger partial charge on any atom is 0.246 e. The number of amides is 1. The molecule has 1 aliphatic heterocycles. The minimum atomic E-state index is -3.65. The Hall–Kier alpha value is -2.52. The molecule has 2 aromatic rings. The largest absolute Gasteiger partial charge is 0.495 e. The van der Waals surface area contributed by atoms with E-state index in [0.717, 1.165) is 25.0 Å². The van der Waals surface area contributed by atoms with Crippen molar-refractivity contribution in [3.63, 3.8) is 0 Å². The summed E-state index contributed by atoms with van der Waals surface area (Å²) >= 11 is 0. The van der Waals surface area contributed by atoms with Crippen LogP contribution in [0.1, 0.15) is 24.8 Å². The Morgan fingerprint density at radius 2 is 1.83 bits per heavy atom. The number of methoxy groups -OCH3 is 1. The van der Waals surface area contributed by atoms with E-state index in [1.54, 1.807) is 0 Å². The van der Waals surface area contributed by atoms with Crippen molar-refractivity contribution < 1.29 is 26.7 Å². The van der Waals surface area contributed by atoms with Crippen molar-refractivity contribution in [3.8, 4) is 5.75 Å². The predicted molar refractivity (Wildman–Crippen MR) is 104 cm³/mol. The number of aryl methyl sites for hydroxylation is 1. The Kier molecular flexibility index (Phi) is 6.49. The molecule has 0 unspecified atom stereocenters. The molecule has 1 aliphatic rings. The molecular weight excluding hydrogens is 402 g/mol. The van der Waals surface area contributed by atoms with Crippen molar-refractivity contribution in [1.29, 1.82) is 0 Å². The van der Waals surface area contributed by atoms with Gasteiger partial charge in [-0.1, -0.05) is 6.07 Å². The van der Waals surface area contributed by atoms with Gasteiger partial charge in [-0.25, -0.2) is 17.2 Å². The Morgan fingerprint density at radius 1 is 1.10 bits per heavy atom. The Labute approximate surface area is 168 Å². The Balaban J connectivity index is 1.68. The quantitative estimate of drug-likeness (QED) is 0.740. The van der Waals surface area contributed by atoms with Crippen molar-refractivity contribution in [2.75, 3.05) is 25.5 Å². The van der Waals surface area contributed by atoms with Crippen LogP contribution in [0.25, 0.3) is 0 Å². The van der Waals surface area contributed by atoms with Crippen LogP contribution in [0.15, 0.2) is 41.3 Å². The van der Waals surface area contributed by atoms with Crippen molar-refractivity contribution in [2.45, 2.75) is 30.6 Å². The molecule has 0 radical (unpaired) electrons. The second kappa shape index (κ2) is 8.87. The molecule has 1 amide bonds. The van der Waals surface area contributed by atoms with Gasteiger partial charge in [0.05, 0.1) is 7.11 Å². The first kappa shape index (κ1) is 21.2. The number of carbonyl (C=O) groups is 1. The number of benzene rings is 2. The van der Waals surface area contributed by atoms with Crippen LogP contribution in [-0.2, 0) is 21.2 Å². The molecule has 1 N–H and O–H groups in total. The maximum absolute atomic E-state index is 13.2. The number of ether oxygens (including phenoxy) is 1. The highest BCUT2D eigenvalue weighted by Gasteiger charge is 2.30. The Bertz CT molecular complexity index is 1010. The number of hydrogen-bond acceptors (Lipinski definition) is 4. The van der Waals surface area contributed by atoms with Crippen LogP contribution in [0, 0.1) is 11.6 Å². The molecular formula is C20H22F2N2O4S. The van der Waals surface area contributed by atoms with E-state index in [2.05, 4.69) is 5.32 Å². The number of nitrogens with zero attached hydrogens (tertiary/aromatic N) is 1. The van der Waals surface area contributed by atoms with Crippen molar-refractivity contribution in [3.05, 3.63) is 53.6 Å². The number of halogens is 2. The van der Waals surface area contributed by atoms with E-state index in [-0.39, 0.29) is 29.4 Å². The summed E-state index contributed by atoms with van der Waals surface area (Å²) in [6.45, 7) is 0.960. The third-order valence-corrected chi connectivity index (χ3v) is 6.69. The molecule has 0 aliphatic carbocycles. The average Bonchev–Trinajstić information content (AvgIpc) is 3.24. The van der Waals surface area contributed by atoms with E-state index in [0.29, 0.717) is 24.3 Å². The lowest BCUT2D eigenvalue weighted by molar-refractivity contribution is -0.116. The van der Waals surface area contributed by atoms with Gasteiger partial charge in [-0.2, -0.15) is 4.31 Å². The van der Waals surface area contributed by atoms with E-state index in [9.17, 15) is 22.0 Å². The number of nitrogens with one attached hydrogen (secondary N) is 1. The number of sulfonamides is 1. The van der Waals surface area contributed by atoms with Gasteiger partial charge in [0, 0.05) is 31.3 Å². The number of hydrogen-bond donors (Lipinski definition) is 1. The van der Waals surface area contributed by atoms with Crippen molar-refractivity contribution >= 4 is 21.6 Å². The topological polar surface area (TPSA) is 75.7 Å². The second-order valence-corrected chi connectivity index (χ2v) is 8.68. The smallest absolute Gasteiger partial charge is 0.246 e. The molecule has 29 heavy (non-hydrogen) atoms. The summed E-state index contributed by atoms with van der Waals surface area (Å²) in [5, 5.41) is 2.67. The van der Waals surface area contributed by atoms with Gasteiger partial charge in [0.1, 0.15) is 10.6 Å². The highest BCUT2D eigenvalue weighted by molar-refractivity contribution is 7.89. The zero-order chi connectivity index (χ0) is 21.0. The SMILES string of the molecule is COc1cc(NC(=O)CCc2ccc(F)c(F)c2)ccc1S(=O)(=O)N1CCCC1. The lowest BCUT2D eigenvalue weighted by atomic mass is 10.1. The van der Waals surface area contributed by atoms with Gasteiger partial charge in [0.2, 0.25) is 15.9 Å². The summed E-state index contributed by atoms with van der Waals surface area (Å²) in [6.07, 6.45) is 1.95. The zero-order valence-corrected chi connectivity index (χ0v) is 16.8. The monoisotopic (exact) mass is 424 g/mol. The molecule has 3 rings (SSSR count). The van der Waals surface area contributed by atoms with Crippen LogP contribution >= 0.6 is 0 Å². The summed E-state index contributed by atoms with van der Waals surface area (Å²) in [5.74, 6) is -2.08. The minimum absolute atomic E-state index is 0.0568. The van der Waals surface area contributed by atoms with E-state index in [1.165, 1.54) is 35.7 Å². The summed E-state index contributed by atoms with van der Waals surface area (Å²) in [7, 11) is -2.28. The summed E-state index contributed by atoms with van der Waals surface area (Å²) < 4.78 is 58.4. The van der Waals surface area contributed by atoms with Crippen LogP contribution in [0.4, 0.5) is 14.5 Å². The molecule has 0 atom stereocenters. The highest BCUT2D eigenvalue weighted by Crippen LogP contribution is 2.31. The first-order chi connectivity index (χ1) is 13.8. The standard InChI is InChI=1S/C20H22F2N2O4S/c1-28-18-13-15(6-8-19(18)29(26,27)24-10-2-3-11-24)23-20(25)9-5-14-4-7-16(21)17(22)12-14/h4,6-8,12-13H,2-3,5,9-11H2,1H3,(H,23,25). The third-order valence-electron chi connectivity index (χ3n) is 4.75. The fourth-order valence-corrected chi connectivity index (χ4v) is 4.86. The summed E-state index contributed by atoms with van der Waals surface area (Å²) in [4.78, 5) is 12.2. The molecule has 0 spiro atoms. The van der Waals surface area contributed by atoms with Gasteiger partial charge in [-0.3, -0.25) is 4.79 Å². The Morgan fingerprint density at radius 3 is 2.48 bits per heavy atom. The van der Waals surface area contributed by atoms with Crippen LogP contribution < -0.4 is 10.1 Å². The summed E-state index contributed by atoms with van der Waals surface area (Å²) in [5.41, 5.74) is 0.890. The first-order valence-electron chi connectivity index (χ1n) is 9.23. The van der Waals surface area contributed by atoms with Gasteiger partial charge in [0.25, 0.3) is 0 Å². The minimum Gasteiger partial charge on any atom is -0.495 e. The number of rotatable bonds is 7. The van der Waals surface area contributed by atoms with Crippen molar-refractivity contribution in [1.82, 2.24) is 4.31 Å². The lowest BCUT2D eigenvalue weighted by Crippen LogP contribution is -2.28.